The summed E-state index contributed by atoms with van der Waals surface area (Å²) in [5.74, 6) is 0.693. The number of ether oxygens (including phenoxy) is 1. The molecule has 206 valence electrons. The number of aryl methyl sites for hydroxylation is 1. The highest BCUT2D eigenvalue weighted by atomic mass is 16.5. The minimum atomic E-state index is -0.647. The van der Waals surface area contributed by atoms with Crippen LogP contribution in [0.3, 0.4) is 0 Å². The second-order valence-electron chi connectivity index (χ2n) is 11.0. The van der Waals surface area contributed by atoms with Gasteiger partial charge in [-0.1, -0.05) is 111 Å². The van der Waals surface area contributed by atoms with E-state index in [1.54, 1.807) is 4.90 Å². The van der Waals surface area contributed by atoms with E-state index < -0.39 is 6.04 Å². The summed E-state index contributed by atoms with van der Waals surface area (Å²) in [5.41, 5.74) is 4.20. The normalized spacial score (nSPS) is 14.6. The second kappa shape index (κ2) is 14.0. The van der Waals surface area contributed by atoms with Crippen molar-refractivity contribution in [3.8, 4) is 5.75 Å². The van der Waals surface area contributed by atoms with E-state index >= 15 is 0 Å². The second-order valence-corrected chi connectivity index (χ2v) is 11.0. The van der Waals surface area contributed by atoms with Crippen LogP contribution in [0.5, 0.6) is 5.75 Å². The van der Waals surface area contributed by atoms with E-state index in [0.29, 0.717) is 18.7 Å². The Morgan fingerprint density at radius 1 is 0.897 bits per heavy atom. The number of amides is 2. The molecule has 0 heterocycles. The van der Waals surface area contributed by atoms with E-state index in [9.17, 15) is 9.59 Å². The first-order valence-electron chi connectivity index (χ1n) is 14.3. The molecule has 1 aliphatic carbocycles. The van der Waals surface area contributed by atoms with Crippen LogP contribution < -0.4 is 10.1 Å². The lowest BCUT2D eigenvalue weighted by atomic mass is 9.94. The van der Waals surface area contributed by atoms with Crippen molar-refractivity contribution in [1.82, 2.24) is 10.2 Å². The lowest BCUT2D eigenvalue weighted by Gasteiger charge is -2.33. The van der Waals surface area contributed by atoms with Gasteiger partial charge >= 0.3 is 0 Å². The molecule has 4 rings (SSSR count). The van der Waals surface area contributed by atoms with Crippen molar-refractivity contribution >= 4 is 11.8 Å². The summed E-state index contributed by atoms with van der Waals surface area (Å²) >= 11 is 0. The molecule has 1 fully saturated rings. The molecule has 1 aliphatic rings. The number of nitrogens with one attached hydrogen (secondary N) is 1. The number of nitrogens with zero attached hydrogens (tertiary/aromatic N) is 1. The average molecular weight is 527 g/mol. The number of hydrogen-bond donors (Lipinski definition) is 1. The fourth-order valence-corrected chi connectivity index (χ4v) is 5.42. The third kappa shape index (κ3) is 8.19. The quantitative estimate of drug-likeness (QED) is 0.307. The lowest BCUT2D eigenvalue weighted by Crippen LogP contribution is -2.53. The maximum absolute atomic E-state index is 13.9. The highest BCUT2D eigenvalue weighted by Crippen LogP contribution is 2.26. The fraction of sp³-hybridized carbons (Fsp3) is 0.412. The summed E-state index contributed by atoms with van der Waals surface area (Å²) in [7, 11) is 0. The first-order valence-corrected chi connectivity index (χ1v) is 14.3. The van der Waals surface area contributed by atoms with E-state index in [0.717, 1.165) is 47.9 Å². The van der Waals surface area contributed by atoms with Gasteiger partial charge in [0.05, 0.1) is 0 Å². The zero-order chi connectivity index (χ0) is 27.6. The molecule has 5 heteroatoms. The predicted molar refractivity (Wildman–Crippen MR) is 157 cm³/mol. The van der Waals surface area contributed by atoms with Gasteiger partial charge in [0.2, 0.25) is 5.91 Å². The van der Waals surface area contributed by atoms with Crippen molar-refractivity contribution < 1.29 is 14.3 Å². The highest BCUT2D eigenvalue weighted by molar-refractivity contribution is 5.88. The summed E-state index contributed by atoms with van der Waals surface area (Å²) in [6.45, 7) is 6.47. The Bertz CT molecular complexity index is 1220. The van der Waals surface area contributed by atoms with Crippen LogP contribution in [0.15, 0.2) is 78.9 Å². The molecular formula is C34H42N2O3. The molecule has 0 spiro atoms. The molecule has 3 aromatic rings. The third-order valence-corrected chi connectivity index (χ3v) is 7.55. The van der Waals surface area contributed by atoms with E-state index in [1.165, 1.54) is 6.42 Å². The largest absolute Gasteiger partial charge is 0.483 e. The van der Waals surface area contributed by atoms with Crippen LogP contribution in [-0.2, 0) is 22.6 Å². The number of para-hydroxylation sites is 1. The molecule has 1 N–H and O–H groups in total. The summed E-state index contributed by atoms with van der Waals surface area (Å²) in [6, 6.07) is 25.5. The lowest BCUT2D eigenvalue weighted by molar-refractivity contribution is -0.143. The Morgan fingerprint density at radius 2 is 1.59 bits per heavy atom. The van der Waals surface area contributed by atoms with Crippen molar-refractivity contribution in [2.24, 2.45) is 0 Å². The minimum absolute atomic E-state index is 0.0886. The van der Waals surface area contributed by atoms with Crippen LogP contribution in [0, 0.1) is 6.92 Å². The van der Waals surface area contributed by atoms with Crippen molar-refractivity contribution in [3.05, 3.63) is 101 Å². The zero-order valence-electron chi connectivity index (χ0n) is 23.6. The molecule has 1 saturated carbocycles. The Kier molecular flexibility index (Phi) is 10.2. The number of hydrogen-bond acceptors (Lipinski definition) is 3. The molecule has 0 bridgehead atoms. The Morgan fingerprint density at radius 3 is 2.31 bits per heavy atom. The van der Waals surface area contributed by atoms with Gasteiger partial charge in [0.1, 0.15) is 11.8 Å². The number of rotatable bonds is 11. The van der Waals surface area contributed by atoms with Gasteiger partial charge < -0.3 is 15.0 Å². The molecule has 0 saturated heterocycles. The van der Waals surface area contributed by atoms with Crippen molar-refractivity contribution in [3.63, 3.8) is 0 Å². The Balaban J connectivity index is 1.63. The smallest absolute Gasteiger partial charge is 0.261 e. The molecule has 5 nitrogen and oxygen atoms in total. The summed E-state index contributed by atoms with van der Waals surface area (Å²) < 4.78 is 6.11. The highest BCUT2D eigenvalue weighted by Gasteiger charge is 2.32. The maximum Gasteiger partial charge on any atom is 0.261 e. The number of benzene rings is 3. The monoisotopic (exact) mass is 526 g/mol. The van der Waals surface area contributed by atoms with Crippen LogP contribution in [0.2, 0.25) is 0 Å². The van der Waals surface area contributed by atoms with E-state index in [4.69, 9.17) is 4.74 Å². The summed E-state index contributed by atoms with van der Waals surface area (Å²) in [5, 5.41) is 3.30. The van der Waals surface area contributed by atoms with Crippen LogP contribution in [0.1, 0.15) is 74.1 Å². The molecule has 39 heavy (non-hydrogen) atoms. The summed E-state index contributed by atoms with van der Waals surface area (Å²) in [4.78, 5) is 29.5. The van der Waals surface area contributed by atoms with Gasteiger partial charge in [-0.05, 0) is 48.4 Å². The standard InChI is InChI=1S/C34H42N2O3/c1-25(2)30-19-10-11-20-32(30)39-24-33(37)36(23-28-16-12-13-26(3)21-28)31(22-27-14-6-4-7-15-27)34(38)35-29-17-8-5-9-18-29/h4,6-7,10-16,19-21,25,29,31H,5,8-9,17-18,22-24H2,1-3H3,(H,35,38)/t31-/m0/s1. The molecule has 0 unspecified atom stereocenters. The van der Waals surface area contributed by atoms with Crippen LogP contribution in [0.4, 0.5) is 0 Å². The van der Waals surface area contributed by atoms with Gasteiger partial charge in [0.15, 0.2) is 6.61 Å². The topological polar surface area (TPSA) is 58.6 Å². The van der Waals surface area contributed by atoms with E-state index in [2.05, 4.69) is 25.2 Å². The maximum atomic E-state index is 13.9. The summed E-state index contributed by atoms with van der Waals surface area (Å²) in [6.07, 6.45) is 5.90. The molecule has 0 aromatic heterocycles. The third-order valence-electron chi connectivity index (χ3n) is 7.55. The van der Waals surface area contributed by atoms with Gasteiger partial charge in [0.25, 0.3) is 5.91 Å². The van der Waals surface area contributed by atoms with Gasteiger partial charge in [-0.15, -0.1) is 0 Å². The predicted octanol–water partition coefficient (Wildman–Crippen LogP) is 6.59. The minimum Gasteiger partial charge on any atom is -0.483 e. The average Bonchev–Trinajstić information content (AvgIpc) is 2.95. The molecular weight excluding hydrogens is 484 g/mol. The van der Waals surface area contributed by atoms with E-state index in [1.807, 2.05) is 79.7 Å². The molecule has 1 atom stereocenters. The first-order chi connectivity index (χ1) is 18.9. The van der Waals surface area contributed by atoms with Crippen molar-refractivity contribution in [2.75, 3.05) is 6.61 Å². The van der Waals surface area contributed by atoms with Crippen LogP contribution >= 0.6 is 0 Å². The Hall–Kier alpha value is -3.60. The van der Waals surface area contributed by atoms with Crippen molar-refractivity contribution in [2.45, 2.75) is 83.8 Å². The Labute approximate surface area is 233 Å². The fourth-order valence-electron chi connectivity index (χ4n) is 5.42. The zero-order valence-corrected chi connectivity index (χ0v) is 23.6. The van der Waals surface area contributed by atoms with E-state index in [-0.39, 0.29) is 30.4 Å². The van der Waals surface area contributed by atoms with Gasteiger partial charge in [-0.25, -0.2) is 0 Å². The molecule has 2 amide bonds. The van der Waals surface area contributed by atoms with Crippen LogP contribution in [0.25, 0.3) is 0 Å². The van der Waals surface area contributed by atoms with Crippen molar-refractivity contribution in [1.29, 1.82) is 0 Å². The number of carbonyl (C=O) groups excluding carboxylic acids is 2. The first kappa shape index (κ1) is 28.4. The molecule has 3 aromatic carbocycles. The molecule has 0 aliphatic heterocycles. The van der Waals surface area contributed by atoms with Gasteiger partial charge in [-0.3, -0.25) is 9.59 Å². The molecule has 0 radical (unpaired) electrons. The number of carbonyl (C=O) groups is 2. The van der Waals surface area contributed by atoms with Gasteiger partial charge in [-0.2, -0.15) is 0 Å². The van der Waals surface area contributed by atoms with Crippen LogP contribution in [-0.4, -0.2) is 35.4 Å². The van der Waals surface area contributed by atoms with Gasteiger partial charge in [0, 0.05) is 19.0 Å². The SMILES string of the molecule is Cc1cccc(CN(C(=O)COc2ccccc2C(C)C)[C@@H](Cc2ccccc2)C(=O)NC2CCCCC2)c1.